The summed E-state index contributed by atoms with van der Waals surface area (Å²) in [5.41, 5.74) is 1.56. The number of aromatic nitrogens is 2. The number of imidazole rings is 1. The van der Waals surface area contributed by atoms with E-state index in [1.165, 1.54) is 18.2 Å². The third kappa shape index (κ3) is 3.29. The van der Waals surface area contributed by atoms with E-state index in [-0.39, 0.29) is 23.0 Å². The summed E-state index contributed by atoms with van der Waals surface area (Å²) in [7, 11) is 0. The van der Waals surface area contributed by atoms with E-state index in [0.29, 0.717) is 11.4 Å². The lowest BCUT2D eigenvalue weighted by molar-refractivity contribution is -0.384. The molecule has 1 aromatic carbocycles. The lowest BCUT2D eigenvalue weighted by Crippen LogP contribution is -2.14. The number of non-ortho nitro benzene ring substituents is 1. The Hall–Kier alpha value is -2.93. The summed E-state index contributed by atoms with van der Waals surface area (Å²) >= 11 is 5.95. The lowest BCUT2D eigenvalue weighted by atomic mass is 10.2. The summed E-state index contributed by atoms with van der Waals surface area (Å²) in [5, 5.41) is 13.4. The van der Waals surface area contributed by atoms with Gasteiger partial charge in [0.1, 0.15) is 5.65 Å². The Kier molecular flexibility index (Phi) is 3.94. The summed E-state index contributed by atoms with van der Waals surface area (Å²) < 4.78 is 1.82. The second kappa shape index (κ2) is 6.05. The van der Waals surface area contributed by atoms with Crippen LogP contribution in [-0.4, -0.2) is 20.2 Å². The minimum atomic E-state index is -0.547. The molecule has 2 aromatic heterocycles. The first-order valence-corrected chi connectivity index (χ1v) is 7.07. The Balaban J connectivity index is 1.73. The van der Waals surface area contributed by atoms with Crippen molar-refractivity contribution in [3.05, 3.63) is 69.6 Å². The third-order valence-corrected chi connectivity index (χ3v) is 3.51. The van der Waals surface area contributed by atoms with Gasteiger partial charge in [-0.05, 0) is 18.2 Å². The summed E-state index contributed by atoms with van der Waals surface area (Å²) in [5.74, 6) is -0.302. The van der Waals surface area contributed by atoms with Crippen molar-refractivity contribution in [3.8, 4) is 0 Å². The van der Waals surface area contributed by atoms with Crippen LogP contribution in [0.2, 0.25) is 5.02 Å². The molecular formula is C15H11ClN4O3. The van der Waals surface area contributed by atoms with Gasteiger partial charge in [-0.2, -0.15) is 0 Å². The molecule has 2 heterocycles. The standard InChI is InChI=1S/C15H11ClN4O3/c16-12-8-11(20(22)23)4-5-13(12)18-15(21)7-10-9-19-6-2-1-3-14(19)17-10/h1-6,8-9H,7H2,(H,18,21). The molecule has 0 unspecified atom stereocenters. The number of amides is 1. The highest BCUT2D eigenvalue weighted by atomic mass is 35.5. The number of hydrogen-bond donors (Lipinski definition) is 1. The molecule has 0 bridgehead atoms. The molecule has 3 rings (SSSR count). The first kappa shape index (κ1) is 15.0. The largest absolute Gasteiger partial charge is 0.324 e. The van der Waals surface area contributed by atoms with Crippen molar-refractivity contribution in [1.82, 2.24) is 9.38 Å². The van der Waals surface area contributed by atoms with Crippen molar-refractivity contribution in [2.75, 3.05) is 5.32 Å². The van der Waals surface area contributed by atoms with Crippen molar-refractivity contribution in [2.24, 2.45) is 0 Å². The van der Waals surface area contributed by atoms with E-state index in [0.717, 1.165) is 5.65 Å². The Morgan fingerprint density at radius 3 is 2.87 bits per heavy atom. The number of anilines is 1. The second-order valence-corrected chi connectivity index (χ2v) is 5.25. The maximum absolute atomic E-state index is 12.1. The molecule has 116 valence electrons. The molecule has 0 aliphatic carbocycles. The zero-order chi connectivity index (χ0) is 16.4. The van der Waals surface area contributed by atoms with Crippen LogP contribution in [0.3, 0.4) is 0 Å². The molecule has 0 fully saturated rings. The number of fused-ring (bicyclic) bond motifs is 1. The second-order valence-electron chi connectivity index (χ2n) is 4.84. The van der Waals surface area contributed by atoms with Crippen LogP contribution in [0.5, 0.6) is 0 Å². The van der Waals surface area contributed by atoms with Gasteiger partial charge in [-0.3, -0.25) is 14.9 Å². The van der Waals surface area contributed by atoms with Crippen LogP contribution in [0.1, 0.15) is 5.69 Å². The molecule has 7 nitrogen and oxygen atoms in total. The van der Waals surface area contributed by atoms with Gasteiger partial charge >= 0.3 is 0 Å². The fourth-order valence-electron chi connectivity index (χ4n) is 2.15. The smallest absolute Gasteiger partial charge is 0.271 e. The SMILES string of the molecule is O=C(Cc1cn2ccccc2n1)Nc1ccc([N+](=O)[O-])cc1Cl. The van der Waals surface area contributed by atoms with E-state index >= 15 is 0 Å². The molecule has 3 aromatic rings. The molecule has 0 saturated carbocycles. The maximum atomic E-state index is 12.1. The minimum Gasteiger partial charge on any atom is -0.324 e. The maximum Gasteiger partial charge on any atom is 0.271 e. The van der Waals surface area contributed by atoms with Crippen LogP contribution < -0.4 is 5.32 Å². The summed E-state index contributed by atoms with van der Waals surface area (Å²) in [4.78, 5) is 26.5. The fraction of sp³-hybridized carbons (Fsp3) is 0.0667. The van der Waals surface area contributed by atoms with Gasteiger partial charge in [0.15, 0.2) is 0 Å². The number of halogens is 1. The predicted octanol–water partition coefficient (Wildman–Crippen LogP) is 3.08. The molecule has 0 spiro atoms. The van der Waals surface area contributed by atoms with Gasteiger partial charge in [0.25, 0.3) is 5.69 Å². The number of pyridine rings is 1. The lowest BCUT2D eigenvalue weighted by Gasteiger charge is -2.06. The van der Waals surface area contributed by atoms with Gasteiger partial charge in [0, 0.05) is 24.5 Å². The van der Waals surface area contributed by atoms with Gasteiger partial charge in [-0.25, -0.2) is 4.98 Å². The highest BCUT2D eigenvalue weighted by Gasteiger charge is 2.13. The van der Waals surface area contributed by atoms with Gasteiger partial charge in [0.2, 0.25) is 5.91 Å². The molecule has 23 heavy (non-hydrogen) atoms. The molecule has 8 heteroatoms. The van der Waals surface area contributed by atoms with Crippen LogP contribution in [-0.2, 0) is 11.2 Å². The van der Waals surface area contributed by atoms with Crippen molar-refractivity contribution in [1.29, 1.82) is 0 Å². The van der Waals surface area contributed by atoms with Crippen molar-refractivity contribution >= 4 is 34.5 Å². The highest BCUT2D eigenvalue weighted by Crippen LogP contribution is 2.26. The van der Waals surface area contributed by atoms with E-state index in [1.807, 2.05) is 28.8 Å². The third-order valence-electron chi connectivity index (χ3n) is 3.19. The quantitative estimate of drug-likeness (QED) is 0.588. The van der Waals surface area contributed by atoms with Gasteiger partial charge in [-0.1, -0.05) is 17.7 Å². The van der Waals surface area contributed by atoms with E-state index in [9.17, 15) is 14.9 Å². The fourth-order valence-corrected chi connectivity index (χ4v) is 2.37. The molecule has 0 aliphatic rings. The Morgan fingerprint density at radius 1 is 1.35 bits per heavy atom. The Morgan fingerprint density at radius 2 is 2.17 bits per heavy atom. The average Bonchev–Trinajstić information content (AvgIpc) is 2.91. The number of hydrogen-bond acceptors (Lipinski definition) is 4. The molecule has 0 atom stereocenters. The van der Waals surface area contributed by atoms with Crippen LogP contribution in [0, 0.1) is 10.1 Å². The van der Waals surface area contributed by atoms with E-state index in [2.05, 4.69) is 10.3 Å². The van der Waals surface area contributed by atoms with E-state index in [4.69, 9.17) is 11.6 Å². The number of nitro benzene ring substituents is 1. The predicted molar refractivity (Wildman–Crippen MR) is 85.6 cm³/mol. The molecular weight excluding hydrogens is 320 g/mol. The number of carbonyl (C=O) groups is 1. The van der Waals surface area contributed by atoms with Gasteiger partial charge in [0.05, 0.1) is 27.7 Å². The van der Waals surface area contributed by atoms with Crippen molar-refractivity contribution < 1.29 is 9.72 Å². The van der Waals surface area contributed by atoms with Gasteiger partial charge < -0.3 is 9.72 Å². The van der Waals surface area contributed by atoms with Crippen LogP contribution in [0.25, 0.3) is 5.65 Å². The van der Waals surface area contributed by atoms with E-state index in [1.54, 1.807) is 6.20 Å². The first-order chi connectivity index (χ1) is 11.0. The van der Waals surface area contributed by atoms with Crippen LogP contribution in [0.15, 0.2) is 48.8 Å². The van der Waals surface area contributed by atoms with Crippen molar-refractivity contribution in [2.45, 2.75) is 6.42 Å². The number of nitrogens with one attached hydrogen (secondary N) is 1. The molecule has 1 amide bonds. The normalized spacial score (nSPS) is 10.7. The van der Waals surface area contributed by atoms with Crippen LogP contribution in [0.4, 0.5) is 11.4 Å². The van der Waals surface area contributed by atoms with E-state index < -0.39 is 4.92 Å². The van der Waals surface area contributed by atoms with Gasteiger partial charge in [-0.15, -0.1) is 0 Å². The van der Waals surface area contributed by atoms with Crippen molar-refractivity contribution in [3.63, 3.8) is 0 Å². The summed E-state index contributed by atoms with van der Waals surface area (Å²) in [6.07, 6.45) is 3.69. The number of nitrogens with zero attached hydrogens (tertiary/aromatic N) is 3. The number of nitro groups is 1. The minimum absolute atomic E-state index is 0.0784. The molecule has 0 radical (unpaired) electrons. The number of benzene rings is 1. The zero-order valence-corrected chi connectivity index (χ0v) is 12.5. The first-order valence-electron chi connectivity index (χ1n) is 6.69. The number of rotatable bonds is 4. The molecule has 0 aliphatic heterocycles. The average molecular weight is 331 g/mol. The monoisotopic (exact) mass is 330 g/mol. The Labute approximate surface area is 135 Å². The number of carbonyl (C=O) groups excluding carboxylic acids is 1. The summed E-state index contributed by atoms with van der Waals surface area (Å²) in [6.45, 7) is 0. The Bertz CT molecular complexity index is 874. The van der Waals surface area contributed by atoms with Crippen LogP contribution >= 0.6 is 11.6 Å². The highest BCUT2D eigenvalue weighted by molar-refractivity contribution is 6.34. The zero-order valence-electron chi connectivity index (χ0n) is 11.8. The summed E-state index contributed by atoms with van der Waals surface area (Å²) in [6, 6.07) is 9.46. The topological polar surface area (TPSA) is 89.5 Å². The molecule has 0 saturated heterocycles. The molecule has 1 N–H and O–H groups in total.